The molecular formula is C37H49N3O8. The van der Waals surface area contributed by atoms with E-state index in [2.05, 4.69) is 22.9 Å². The molecule has 48 heavy (non-hydrogen) atoms. The number of phenols is 1. The molecule has 2 heterocycles. The summed E-state index contributed by atoms with van der Waals surface area (Å²) < 4.78 is 29.8. The van der Waals surface area contributed by atoms with Crippen molar-refractivity contribution in [3.8, 4) is 45.6 Å². The quantitative estimate of drug-likeness (QED) is 0.0879. The molecule has 0 saturated heterocycles. The van der Waals surface area contributed by atoms with Crippen molar-refractivity contribution >= 4 is 5.69 Å². The van der Waals surface area contributed by atoms with Gasteiger partial charge in [0, 0.05) is 52.5 Å². The summed E-state index contributed by atoms with van der Waals surface area (Å²) in [5, 5.41) is 44.0. The maximum Gasteiger partial charge on any atom is 0.200 e. The number of hydrogen-bond acceptors (Lipinski definition) is 11. The summed E-state index contributed by atoms with van der Waals surface area (Å²) in [6.45, 7) is 7.66. The van der Waals surface area contributed by atoms with Gasteiger partial charge in [0.05, 0.1) is 32.5 Å². The number of aliphatic hydroxyl groups is 2. The van der Waals surface area contributed by atoms with Gasteiger partial charge in [0.1, 0.15) is 30.6 Å². The molecule has 2 aliphatic heterocycles. The van der Waals surface area contributed by atoms with Crippen molar-refractivity contribution in [2.45, 2.75) is 70.6 Å². The van der Waals surface area contributed by atoms with E-state index in [0.717, 1.165) is 70.9 Å². The number of aliphatic hydroxyl groups excluding tert-OH is 2. The van der Waals surface area contributed by atoms with Crippen LogP contribution in [0.25, 0.3) is 11.1 Å². The van der Waals surface area contributed by atoms with Gasteiger partial charge in [-0.05, 0) is 55.6 Å². The molecule has 0 saturated carbocycles. The van der Waals surface area contributed by atoms with Crippen molar-refractivity contribution in [2.75, 3.05) is 59.1 Å². The van der Waals surface area contributed by atoms with E-state index in [1.165, 1.54) is 33.5 Å². The van der Waals surface area contributed by atoms with Gasteiger partial charge >= 0.3 is 0 Å². The molecule has 6 N–H and O–H groups in total. The van der Waals surface area contributed by atoms with Gasteiger partial charge < -0.3 is 49.6 Å². The predicted octanol–water partition coefficient (Wildman–Crippen LogP) is 5.30. The molecular weight excluding hydrogens is 614 g/mol. The van der Waals surface area contributed by atoms with Crippen LogP contribution in [0.4, 0.5) is 5.69 Å². The van der Waals surface area contributed by atoms with Crippen LogP contribution in [-0.2, 0) is 12.8 Å². The molecule has 11 nitrogen and oxygen atoms in total. The van der Waals surface area contributed by atoms with Crippen LogP contribution in [0.3, 0.4) is 0 Å². The van der Waals surface area contributed by atoms with Gasteiger partial charge in [-0.15, -0.1) is 0 Å². The minimum Gasteiger partial charge on any atom is -0.502 e. The summed E-state index contributed by atoms with van der Waals surface area (Å²) in [6, 6.07) is 7.22. The number of anilines is 1. The zero-order valence-corrected chi connectivity index (χ0v) is 28.4. The molecule has 1 aliphatic carbocycles. The Morgan fingerprint density at radius 3 is 2.33 bits per heavy atom. The molecule has 3 atom stereocenters. The van der Waals surface area contributed by atoms with Crippen LogP contribution in [0.5, 0.6) is 34.5 Å². The summed E-state index contributed by atoms with van der Waals surface area (Å²) in [5.41, 5.74) is 6.65. The first-order valence-corrected chi connectivity index (χ1v) is 17.2. The third-order valence-corrected chi connectivity index (χ3v) is 9.62. The fourth-order valence-electron chi connectivity index (χ4n) is 7.19. The SMILES string of the molecule is CCCCCCNCCOc1cc(OCNCC)c2c3c1CCc1c-3c(cc3c1C(O)C(c1cc(OC)c(O)c(OC)c1)CO3)NC2O. The number of rotatable bonds is 16. The van der Waals surface area contributed by atoms with Crippen molar-refractivity contribution in [3.63, 3.8) is 0 Å². The highest BCUT2D eigenvalue weighted by atomic mass is 16.5. The molecule has 11 heteroatoms. The first-order valence-electron chi connectivity index (χ1n) is 17.2. The Bertz CT molecular complexity index is 1590. The lowest BCUT2D eigenvalue weighted by Crippen LogP contribution is -2.29. The van der Waals surface area contributed by atoms with E-state index in [0.29, 0.717) is 36.5 Å². The van der Waals surface area contributed by atoms with Crippen LogP contribution in [0.15, 0.2) is 24.3 Å². The van der Waals surface area contributed by atoms with Crippen molar-refractivity contribution in [2.24, 2.45) is 0 Å². The van der Waals surface area contributed by atoms with Crippen molar-refractivity contribution in [3.05, 3.63) is 52.1 Å². The third-order valence-electron chi connectivity index (χ3n) is 9.62. The highest BCUT2D eigenvalue weighted by Gasteiger charge is 2.41. The normalized spacial score (nSPS) is 18.7. The number of aromatic hydroxyl groups is 1. The Hall–Kier alpha value is -3.90. The number of ether oxygens (including phenoxy) is 5. The molecule has 3 aliphatic rings. The molecule has 3 unspecified atom stereocenters. The maximum atomic E-state index is 12.0. The number of nitrogens with one attached hydrogen (secondary N) is 3. The van der Waals surface area contributed by atoms with Crippen LogP contribution in [0, 0.1) is 0 Å². The van der Waals surface area contributed by atoms with Gasteiger partial charge in [0.15, 0.2) is 17.7 Å². The summed E-state index contributed by atoms with van der Waals surface area (Å²) in [6.07, 6.45) is 4.24. The van der Waals surface area contributed by atoms with E-state index in [9.17, 15) is 15.3 Å². The molecule has 0 radical (unpaired) electrons. The molecule has 3 aromatic carbocycles. The Labute approximate surface area is 282 Å². The van der Waals surface area contributed by atoms with Crippen LogP contribution in [-0.4, -0.2) is 69.1 Å². The molecule has 260 valence electrons. The second kappa shape index (κ2) is 15.1. The second-order valence-electron chi connectivity index (χ2n) is 12.6. The Morgan fingerprint density at radius 1 is 0.833 bits per heavy atom. The molecule has 0 bridgehead atoms. The van der Waals surface area contributed by atoms with E-state index < -0.39 is 18.2 Å². The highest BCUT2D eigenvalue weighted by Crippen LogP contribution is 2.57. The van der Waals surface area contributed by atoms with Gasteiger partial charge in [0.25, 0.3) is 0 Å². The van der Waals surface area contributed by atoms with E-state index in [1.807, 2.05) is 19.1 Å². The van der Waals surface area contributed by atoms with Gasteiger partial charge in [-0.25, -0.2) is 0 Å². The second-order valence-corrected chi connectivity index (χ2v) is 12.6. The molecule has 0 aromatic heterocycles. The van der Waals surface area contributed by atoms with Crippen LogP contribution < -0.4 is 39.6 Å². The van der Waals surface area contributed by atoms with Crippen LogP contribution >= 0.6 is 0 Å². The van der Waals surface area contributed by atoms with Gasteiger partial charge in [-0.1, -0.05) is 33.1 Å². The third kappa shape index (κ3) is 6.44. The predicted molar refractivity (Wildman–Crippen MR) is 184 cm³/mol. The summed E-state index contributed by atoms with van der Waals surface area (Å²) in [4.78, 5) is 0. The average Bonchev–Trinajstić information content (AvgIpc) is 3.09. The molecule has 0 amide bonds. The molecule has 3 aromatic rings. The lowest BCUT2D eigenvalue weighted by Gasteiger charge is -2.39. The smallest absolute Gasteiger partial charge is 0.200 e. The summed E-state index contributed by atoms with van der Waals surface area (Å²) in [5.74, 6) is 1.85. The molecule has 6 rings (SSSR count). The van der Waals surface area contributed by atoms with Crippen molar-refractivity contribution in [1.82, 2.24) is 10.6 Å². The van der Waals surface area contributed by atoms with E-state index in [4.69, 9.17) is 23.7 Å². The summed E-state index contributed by atoms with van der Waals surface area (Å²) in [7, 11) is 2.96. The average molecular weight is 664 g/mol. The Morgan fingerprint density at radius 2 is 1.60 bits per heavy atom. The van der Waals surface area contributed by atoms with E-state index >= 15 is 0 Å². The van der Waals surface area contributed by atoms with Gasteiger partial charge in [0.2, 0.25) is 5.75 Å². The van der Waals surface area contributed by atoms with Crippen LogP contribution in [0.1, 0.15) is 85.6 Å². The number of phenolic OH excluding ortho intramolecular Hbond substituents is 1. The monoisotopic (exact) mass is 663 g/mol. The topological polar surface area (TPSA) is 143 Å². The fourth-order valence-corrected chi connectivity index (χ4v) is 7.19. The Kier molecular flexibility index (Phi) is 10.7. The first-order chi connectivity index (χ1) is 23.4. The first kappa shape index (κ1) is 34.0. The summed E-state index contributed by atoms with van der Waals surface area (Å²) >= 11 is 0. The van der Waals surface area contributed by atoms with Crippen molar-refractivity contribution in [1.29, 1.82) is 0 Å². The van der Waals surface area contributed by atoms with E-state index in [1.54, 1.807) is 12.1 Å². The minimum atomic E-state index is -1.01. The maximum absolute atomic E-state index is 12.0. The zero-order chi connectivity index (χ0) is 33.8. The van der Waals surface area contributed by atoms with Crippen LogP contribution in [0.2, 0.25) is 0 Å². The number of methoxy groups -OCH3 is 2. The van der Waals surface area contributed by atoms with Gasteiger partial charge in [-0.3, -0.25) is 5.32 Å². The minimum absolute atomic E-state index is 0.0961. The van der Waals surface area contributed by atoms with Gasteiger partial charge in [-0.2, -0.15) is 0 Å². The van der Waals surface area contributed by atoms with E-state index in [-0.39, 0.29) is 30.6 Å². The Balaban J connectivity index is 1.37. The van der Waals surface area contributed by atoms with Crippen molar-refractivity contribution < 1.29 is 39.0 Å². The molecule has 0 fully saturated rings. The highest BCUT2D eigenvalue weighted by molar-refractivity contribution is 5.93. The number of benzene rings is 3. The lowest BCUT2D eigenvalue weighted by atomic mass is 9.74. The largest absolute Gasteiger partial charge is 0.502 e. The lowest BCUT2D eigenvalue weighted by molar-refractivity contribution is 0.0878. The molecule has 0 spiro atoms. The standard InChI is InChI=1S/C37H49N3O8/c1-5-7-8-9-12-39-13-14-46-26-18-28(48-20-38-6-2)34-33-22(26)10-11-23-31(33)25(40-37(34)43)17-27-32(23)35(41)24(19-47-27)21-15-29(44-3)36(42)30(16-21)45-4/h15-18,24,35,37-43H,5-14,19-20H2,1-4H3. The zero-order valence-electron chi connectivity index (χ0n) is 28.4. The number of unbranched alkanes of at least 4 members (excludes halogenated alkanes) is 3. The fraction of sp³-hybridized carbons (Fsp3) is 0.514. The number of hydrogen-bond donors (Lipinski definition) is 6. The number of fused-ring (bicyclic) bond motifs is 2.